The van der Waals surface area contributed by atoms with Gasteiger partial charge in [-0.05, 0) is 98.1 Å². The second-order valence-electron chi connectivity index (χ2n) is 14.8. The number of aryl methyl sites for hydroxylation is 1. The molecule has 52 heavy (non-hydrogen) atoms. The molecule has 2 aliphatic rings. The molecule has 7 rings (SSSR count). The minimum absolute atomic E-state index is 0.0816. The molecule has 0 bridgehead atoms. The second-order valence-corrected chi connectivity index (χ2v) is 17.0. The number of hydrogen-bond acceptors (Lipinski definition) is 8. The molecule has 268 valence electrons. The number of thioether (sulfide) groups is 1. The van der Waals surface area contributed by atoms with E-state index >= 15 is 0 Å². The summed E-state index contributed by atoms with van der Waals surface area (Å²) in [6, 6.07) is 10.6. The van der Waals surface area contributed by atoms with Crippen molar-refractivity contribution in [1.29, 1.82) is 5.41 Å². The first-order valence-electron chi connectivity index (χ1n) is 18.0. The molecule has 1 atom stereocenters. The molecule has 9 nitrogen and oxygen atoms in total. The number of carbonyl (C=O) groups excluding carboxylic acids is 1. The number of hydrogen-bond donors (Lipinski definition) is 4. The molecule has 5 aromatic rings. The number of allylic oxidation sites excluding steroid dienone is 3. The number of aliphatic imine (C=N–C) groups is 1. The molecule has 4 aromatic heterocycles. The number of fused-ring (bicyclic) bond motifs is 1. The molecular formula is C41H46N8OS2. The Bertz CT molecular complexity index is 2230. The molecule has 1 amide bonds. The first-order chi connectivity index (χ1) is 25.0. The van der Waals surface area contributed by atoms with Crippen LogP contribution in [-0.2, 0) is 12.0 Å². The average Bonchev–Trinajstić information content (AvgIpc) is 3.91. The summed E-state index contributed by atoms with van der Waals surface area (Å²) in [6.07, 6.45) is 15.0. The summed E-state index contributed by atoms with van der Waals surface area (Å²) in [6.45, 7) is 10.6. The van der Waals surface area contributed by atoms with Crippen molar-refractivity contribution in [2.45, 2.75) is 78.7 Å². The Morgan fingerprint density at radius 2 is 1.90 bits per heavy atom. The Labute approximate surface area is 313 Å². The van der Waals surface area contributed by atoms with Gasteiger partial charge in [-0.3, -0.25) is 4.79 Å². The molecule has 0 fully saturated rings. The fraction of sp³-hybridized carbons (Fsp3) is 0.366. The smallest absolute Gasteiger partial charge is 0.263 e. The monoisotopic (exact) mass is 730 g/mol. The van der Waals surface area contributed by atoms with Gasteiger partial charge in [0.05, 0.1) is 16.9 Å². The molecule has 1 aliphatic heterocycles. The Kier molecular flexibility index (Phi) is 10.4. The number of amides is 1. The Morgan fingerprint density at radius 3 is 2.62 bits per heavy atom. The van der Waals surface area contributed by atoms with Crippen LogP contribution in [0.3, 0.4) is 0 Å². The predicted octanol–water partition coefficient (Wildman–Crippen LogP) is 9.83. The topological polar surface area (TPSA) is 136 Å². The molecule has 0 saturated heterocycles. The number of thiazole rings is 1. The normalized spacial score (nSPS) is 16.7. The maximum absolute atomic E-state index is 12.9. The minimum atomic E-state index is -0.101. The lowest BCUT2D eigenvalue weighted by Gasteiger charge is -2.20. The molecule has 1 aliphatic carbocycles. The van der Waals surface area contributed by atoms with E-state index in [-0.39, 0.29) is 11.3 Å². The van der Waals surface area contributed by atoms with Crippen molar-refractivity contribution in [2.24, 2.45) is 10.9 Å². The van der Waals surface area contributed by atoms with Gasteiger partial charge in [0.2, 0.25) is 0 Å². The van der Waals surface area contributed by atoms with Crippen LogP contribution in [-0.4, -0.2) is 54.3 Å². The zero-order valence-electron chi connectivity index (χ0n) is 30.5. The number of carbonyl (C=O) groups is 1. The number of nitrogens with zero attached hydrogens (tertiary/aromatic N) is 4. The zero-order valence-corrected chi connectivity index (χ0v) is 32.2. The third kappa shape index (κ3) is 7.90. The summed E-state index contributed by atoms with van der Waals surface area (Å²) in [5.41, 5.74) is 11.1. The molecule has 0 radical (unpaired) electrons. The lowest BCUT2D eigenvalue weighted by molar-refractivity contribution is 0.0954. The number of rotatable bonds is 10. The number of benzene rings is 1. The highest BCUT2D eigenvalue weighted by atomic mass is 32.2. The summed E-state index contributed by atoms with van der Waals surface area (Å²) in [5, 5.41) is 13.3. The van der Waals surface area contributed by atoms with Crippen LogP contribution in [0.15, 0.2) is 60.0 Å². The van der Waals surface area contributed by atoms with Crippen LogP contribution in [0.25, 0.3) is 33.4 Å². The van der Waals surface area contributed by atoms with Crippen molar-refractivity contribution >= 4 is 68.9 Å². The Hall–Kier alpha value is -4.61. The van der Waals surface area contributed by atoms with Gasteiger partial charge in [-0.15, -0.1) is 11.3 Å². The summed E-state index contributed by atoms with van der Waals surface area (Å²) in [4.78, 5) is 39.1. The zero-order chi connectivity index (χ0) is 36.4. The van der Waals surface area contributed by atoms with E-state index in [1.54, 1.807) is 12.5 Å². The lowest BCUT2D eigenvalue weighted by Crippen LogP contribution is -2.22. The van der Waals surface area contributed by atoms with E-state index in [9.17, 15) is 4.79 Å². The van der Waals surface area contributed by atoms with Crippen LogP contribution >= 0.6 is 23.1 Å². The number of H-pyrrole nitrogens is 2. The standard InChI is InChI=1S/C41H46N8OS2/c1-24-18-29(10-11-30(24)21-44-39(50)35-22-45-40(52-35)41(3,4)5)36-32-20-34(49-38(32)47-23-46-36)27-8-6-26(7-9-27)12-15-43-37-31(25(2)42)19-33(48-37)28-13-16-51-17-14-28/h8,10-11,13,15,18-20,22-23,26,42,48H,6-7,9,12,14,16-17,21H2,1-5H3,(H,44,50)(H,46,47,49). The summed E-state index contributed by atoms with van der Waals surface area (Å²) in [7, 11) is 0. The van der Waals surface area contributed by atoms with E-state index in [1.807, 2.05) is 24.9 Å². The van der Waals surface area contributed by atoms with E-state index in [0.717, 1.165) is 105 Å². The van der Waals surface area contributed by atoms with Gasteiger partial charge >= 0.3 is 0 Å². The van der Waals surface area contributed by atoms with Gasteiger partial charge in [0.1, 0.15) is 22.7 Å². The highest BCUT2D eigenvalue weighted by Gasteiger charge is 2.21. The largest absolute Gasteiger partial charge is 0.347 e. The molecule has 11 heteroatoms. The van der Waals surface area contributed by atoms with Gasteiger partial charge in [-0.1, -0.05) is 45.1 Å². The van der Waals surface area contributed by atoms with Crippen molar-refractivity contribution < 1.29 is 4.79 Å². The molecule has 1 unspecified atom stereocenters. The number of aromatic nitrogens is 5. The van der Waals surface area contributed by atoms with Crippen molar-refractivity contribution in [1.82, 2.24) is 30.2 Å². The average molecular weight is 731 g/mol. The third-order valence-electron chi connectivity index (χ3n) is 9.89. The van der Waals surface area contributed by atoms with Crippen LogP contribution in [0.2, 0.25) is 0 Å². The van der Waals surface area contributed by atoms with Gasteiger partial charge in [-0.2, -0.15) is 11.8 Å². The summed E-state index contributed by atoms with van der Waals surface area (Å²) in [5.74, 6) is 3.40. The maximum atomic E-state index is 12.9. The SMILES string of the molecule is CC(=N)c1cc(C2=CCSCC2)[nH]c1N=CCC1CC=C(c2cc3c(-c4ccc(CNC(=O)c5cnc(C(C)(C)C)s5)c(C)c4)ncnc3[nH]2)CC1. The van der Waals surface area contributed by atoms with E-state index in [4.69, 9.17) is 15.4 Å². The molecule has 5 heterocycles. The highest BCUT2D eigenvalue weighted by molar-refractivity contribution is 7.99. The van der Waals surface area contributed by atoms with Gasteiger partial charge in [0.15, 0.2) is 0 Å². The highest BCUT2D eigenvalue weighted by Crippen LogP contribution is 2.35. The molecule has 4 N–H and O–H groups in total. The van der Waals surface area contributed by atoms with Crippen molar-refractivity contribution in [3.63, 3.8) is 0 Å². The van der Waals surface area contributed by atoms with E-state index < -0.39 is 0 Å². The van der Waals surface area contributed by atoms with Gasteiger partial charge < -0.3 is 20.7 Å². The summed E-state index contributed by atoms with van der Waals surface area (Å²) < 4.78 is 0. The lowest BCUT2D eigenvalue weighted by atomic mass is 9.86. The quantitative estimate of drug-likeness (QED) is 0.106. The maximum Gasteiger partial charge on any atom is 0.263 e. The van der Waals surface area contributed by atoms with Crippen molar-refractivity contribution in [3.05, 3.63) is 93.0 Å². The van der Waals surface area contributed by atoms with E-state index in [2.05, 4.69) is 95.4 Å². The summed E-state index contributed by atoms with van der Waals surface area (Å²) >= 11 is 3.41. The minimum Gasteiger partial charge on any atom is -0.347 e. The third-order valence-corrected chi connectivity index (χ3v) is 12.2. The number of aromatic amines is 2. The van der Waals surface area contributed by atoms with Gasteiger partial charge in [0.25, 0.3) is 5.91 Å². The van der Waals surface area contributed by atoms with E-state index in [1.165, 1.54) is 22.5 Å². The van der Waals surface area contributed by atoms with Crippen LogP contribution in [0.5, 0.6) is 0 Å². The Morgan fingerprint density at radius 1 is 1.08 bits per heavy atom. The fourth-order valence-corrected chi connectivity index (χ4v) is 8.53. The van der Waals surface area contributed by atoms with Crippen molar-refractivity contribution in [2.75, 3.05) is 11.5 Å². The van der Waals surface area contributed by atoms with E-state index in [0.29, 0.717) is 23.1 Å². The molecule has 1 aromatic carbocycles. The van der Waals surface area contributed by atoms with Crippen LogP contribution < -0.4 is 5.32 Å². The van der Waals surface area contributed by atoms with Crippen LogP contribution in [0.1, 0.15) is 103 Å². The second kappa shape index (κ2) is 15.2. The molecule has 0 saturated carbocycles. The van der Waals surface area contributed by atoms with Crippen molar-refractivity contribution in [3.8, 4) is 11.3 Å². The molecule has 0 spiro atoms. The first-order valence-corrected chi connectivity index (χ1v) is 20.0. The van der Waals surface area contributed by atoms with Crippen LogP contribution in [0.4, 0.5) is 5.82 Å². The first kappa shape index (κ1) is 35.8. The predicted molar refractivity (Wildman–Crippen MR) is 217 cm³/mol. The number of nitrogens with one attached hydrogen (secondary N) is 4. The van der Waals surface area contributed by atoms with Gasteiger partial charge in [0, 0.05) is 57.5 Å². The van der Waals surface area contributed by atoms with Gasteiger partial charge in [-0.25, -0.2) is 19.9 Å². The molecular weight excluding hydrogens is 685 g/mol. The van der Waals surface area contributed by atoms with Crippen LogP contribution in [0, 0.1) is 18.3 Å². The fourth-order valence-electron chi connectivity index (χ4n) is 6.79. The Balaban J connectivity index is 0.995.